The Bertz CT molecular complexity index is 1350. The molecule has 10 heteroatoms. The summed E-state index contributed by atoms with van der Waals surface area (Å²) in [5.41, 5.74) is 2.65. The highest BCUT2D eigenvalue weighted by atomic mass is 35.5. The molecule has 2 aliphatic heterocycles. The average Bonchev–Trinajstić information content (AvgIpc) is 2.98. The first-order valence-electron chi connectivity index (χ1n) is 13.9. The largest absolute Gasteiger partial charge is 0.495 e. The van der Waals surface area contributed by atoms with E-state index < -0.39 is 0 Å². The molecule has 40 heavy (non-hydrogen) atoms. The van der Waals surface area contributed by atoms with Gasteiger partial charge in [0.1, 0.15) is 5.75 Å². The van der Waals surface area contributed by atoms with Crippen LogP contribution >= 0.6 is 11.6 Å². The van der Waals surface area contributed by atoms with Crippen molar-refractivity contribution in [3.05, 3.63) is 81.2 Å². The number of carbonyl (C=O) groups is 1. The number of rotatable bonds is 8. The summed E-state index contributed by atoms with van der Waals surface area (Å²) in [6.45, 7) is 8.43. The third-order valence-electron chi connectivity index (χ3n) is 7.82. The van der Waals surface area contributed by atoms with Gasteiger partial charge in [0.05, 0.1) is 24.4 Å². The van der Waals surface area contributed by atoms with Crippen molar-refractivity contribution < 1.29 is 9.53 Å². The Morgan fingerprint density at radius 1 is 0.975 bits per heavy atom. The van der Waals surface area contributed by atoms with Crippen LogP contribution in [-0.4, -0.2) is 85.1 Å². The highest BCUT2D eigenvalue weighted by molar-refractivity contribution is 6.30. The summed E-state index contributed by atoms with van der Waals surface area (Å²) in [6, 6.07) is 17.2. The fourth-order valence-corrected chi connectivity index (χ4v) is 5.77. The molecule has 9 nitrogen and oxygen atoms in total. The molecule has 0 saturated carbocycles. The van der Waals surface area contributed by atoms with Gasteiger partial charge in [-0.15, -0.1) is 0 Å². The molecule has 2 saturated heterocycles. The average molecular weight is 565 g/mol. The summed E-state index contributed by atoms with van der Waals surface area (Å²) in [6.07, 6.45) is 0.765. The van der Waals surface area contributed by atoms with Crippen molar-refractivity contribution in [1.82, 2.24) is 19.8 Å². The second-order valence-corrected chi connectivity index (χ2v) is 10.8. The molecule has 1 atom stereocenters. The van der Waals surface area contributed by atoms with Gasteiger partial charge in [-0.3, -0.25) is 19.5 Å². The smallest absolute Gasteiger partial charge is 0.252 e. The maximum Gasteiger partial charge on any atom is 0.252 e. The fraction of sp³-hybridized carbons (Fsp3) is 0.433. The number of hydrogen-bond acceptors (Lipinski definition) is 7. The number of anilines is 2. The first kappa shape index (κ1) is 28.0. The number of halogens is 1. The van der Waals surface area contributed by atoms with E-state index in [0.29, 0.717) is 43.7 Å². The Hall–Kier alpha value is -3.56. The van der Waals surface area contributed by atoms with E-state index in [2.05, 4.69) is 26.6 Å². The van der Waals surface area contributed by atoms with E-state index in [1.165, 1.54) is 0 Å². The topological polar surface area (TPSA) is 85.0 Å². The van der Waals surface area contributed by atoms with E-state index in [0.717, 1.165) is 55.3 Å². The first-order chi connectivity index (χ1) is 19.4. The van der Waals surface area contributed by atoms with E-state index in [1.807, 2.05) is 53.4 Å². The highest BCUT2D eigenvalue weighted by Gasteiger charge is 2.28. The van der Waals surface area contributed by atoms with E-state index in [4.69, 9.17) is 21.3 Å². The van der Waals surface area contributed by atoms with Gasteiger partial charge < -0.3 is 19.4 Å². The lowest BCUT2D eigenvalue weighted by Gasteiger charge is -2.37. The summed E-state index contributed by atoms with van der Waals surface area (Å²) in [5.74, 6) is 1.42. The second-order valence-electron chi connectivity index (χ2n) is 10.3. The number of methoxy groups -OCH3 is 1. The first-order valence-corrected chi connectivity index (χ1v) is 14.3. The minimum absolute atomic E-state index is 0.130. The van der Waals surface area contributed by atoms with Gasteiger partial charge in [-0.05, 0) is 30.2 Å². The standard InChI is InChI=1S/C30H37ClN6O3/c1-3-25(22-7-5-4-6-8-22)29(39)36-15-17-37(18-16-36)30-32-24(20-28(38)33-30)21-34-11-13-35(14-12-34)26-19-23(31)9-10-27(26)40-2/h4-10,19-20,25H,3,11-18,21H2,1-2H3,(H,32,33,38)/t25-/m0/s1. The van der Waals surface area contributed by atoms with Crippen LogP contribution in [0.25, 0.3) is 0 Å². The van der Waals surface area contributed by atoms with E-state index >= 15 is 0 Å². The third kappa shape index (κ3) is 6.42. The van der Waals surface area contributed by atoms with Crippen molar-refractivity contribution in [2.45, 2.75) is 25.8 Å². The predicted molar refractivity (Wildman–Crippen MR) is 159 cm³/mol. The van der Waals surface area contributed by atoms with Gasteiger partial charge in [0, 0.05) is 70.0 Å². The summed E-state index contributed by atoms with van der Waals surface area (Å²) in [7, 11) is 1.67. The molecule has 2 fully saturated rings. The Balaban J connectivity index is 1.18. The highest BCUT2D eigenvalue weighted by Crippen LogP contribution is 2.32. The molecule has 1 N–H and O–H groups in total. The van der Waals surface area contributed by atoms with E-state index in [-0.39, 0.29) is 17.4 Å². The molecule has 1 aromatic heterocycles. The molecule has 212 valence electrons. The van der Waals surface area contributed by atoms with Crippen LogP contribution in [0.15, 0.2) is 59.4 Å². The molecule has 5 rings (SSSR count). The number of piperazine rings is 2. The number of ether oxygens (including phenoxy) is 1. The minimum atomic E-state index is -0.157. The Labute approximate surface area is 240 Å². The van der Waals surface area contributed by atoms with Crippen LogP contribution in [0.4, 0.5) is 11.6 Å². The molecule has 3 heterocycles. The van der Waals surface area contributed by atoms with Gasteiger partial charge in [0.25, 0.3) is 5.56 Å². The van der Waals surface area contributed by atoms with Crippen LogP contribution in [0.2, 0.25) is 5.02 Å². The van der Waals surface area contributed by atoms with Crippen LogP contribution in [0.1, 0.15) is 30.5 Å². The number of nitrogens with one attached hydrogen (secondary N) is 1. The number of carbonyl (C=O) groups excluding carboxylic acids is 1. The number of benzene rings is 2. The number of amides is 1. The van der Waals surface area contributed by atoms with Crippen molar-refractivity contribution in [1.29, 1.82) is 0 Å². The molecule has 0 unspecified atom stereocenters. The second kappa shape index (κ2) is 12.7. The molecular formula is C30H37ClN6O3. The summed E-state index contributed by atoms with van der Waals surface area (Å²) in [5, 5.41) is 0.685. The van der Waals surface area contributed by atoms with Crippen LogP contribution < -0.4 is 20.1 Å². The Morgan fingerprint density at radius 3 is 2.35 bits per heavy atom. The molecule has 0 bridgehead atoms. The van der Waals surface area contributed by atoms with Crippen molar-refractivity contribution in [2.24, 2.45) is 0 Å². The molecule has 3 aromatic rings. The van der Waals surface area contributed by atoms with Crippen LogP contribution in [0.3, 0.4) is 0 Å². The Morgan fingerprint density at radius 2 is 1.68 bits per heavy atom. The van der Waals surface area contributed by atoms with Gasteiger partial charge in [-0.1, -0.05) is 48.9 Å². The number of aromatic amines is 1. The number of nitrogens with zero attached hydrogens (tertiary/aromatic N) is 5. The molecule has 0 radical (unpaired) electrons. The van der Waals surface area contributed by atoms with E-state index in [1.54, 1.807) is 13.2 Å². The quantitative estimate of drug-likeness (QED) is 0.447. The zero-order valence-corrected chi connectivity index (χ0v) is 23.9. The lowest BCUT2D eigenvalue weighted by Crippen LogP contribution is -2.50. The van der Waals surface area contributed by atoms with Crippen molar-refractivity contribution in [3.63, 3.8) is 0 Å². The minimum Gasteiger partial charge on any atom is -0.495 e. The molecule has 0 spiro atoms. The zero-order valence-electron chi connectivity index (χ0n) is 23.2. The SMILES string of the molecule is CC[C@H](C(=O)N1CCN(c2nc(CN3CCN(c4cc(Cl)ccc4OC)CC3)cc(=O)[nH]2)CC1)c1ccccc1. The predicted octanol–water partition coefficient (Wildman–Crippen LogP) is 3.60. The number of aromatic nitrogens is 2. The molecular weight excluding hydrogens is 528 g/mol. The van der Waals surface area contributed by atoms with Gasteiger partial charge in [-0.25, -0.2) is 4.98 Å². The summed E-state index contributed by atoms with van der Waals surface area (Å²) >= 11 is 6.24. The van der Waals surface area contributed by atoms with Crippen LogP contribution in [0.5, 0.6) is 5.75 Å². The van der Waals surface area contributed by atoms with Crippen LogP contribution in [-0.2, 0) is 11.3 Å². The number of H-pyrrole nitrogens is 1. The Kier molecular flexibility index (Phi) is 8.91. The molecule has 1 amide bonds. The van der Waals surface area contributed by atoms with Crippen molar-refractivity contribution >= 4 is 29.1 Å². The lowest BCUT2D eigenvalue weighted by molar-refractivity contribution is -0.133. The van der Waals surface area contributed by atoms with E-state index in [9.17, 15) is 9.59 Å². The summed E-state index contributed by atoms with van der Waals surface area (Å²) < 4.78 is 5.53. The lowest BCUT2D eigenvalue weighted by atomic mass is 9.95. The maximum atomic E-state index is 13.3. The molecule has 2 aromatic carbocycles. The molecule has 2 aliphatic rings. The number of hydrogen-bond donors (Lipinski definition) is 1. The van der Waals surface area contributed by atoms with Crippen LogP contribution in [0, 0.1) is 0 Å². The van der Waals surface area contributed by atoms with Gasteiger partial charge in [0.2, 0.25) is 11.9 Å². The molecule has 0 aliphatic carbocycles. The van der Waals surface area contributed by atoms with Crippen molar-refractivity contribution in [2.75, 3.05) is 69.3 Å². The van der Waals surface area contributed by atoms with Gasteiger partial charge in [0.15, 0.2) is 0 Å². The zero-order chi connectivity index (χ0) is 28.1. The monoisotopic (exact) mass is 564 g/mol. The summed E-state index contributed by atoms with van der Waals surface area (Å²) in [4.78, 5) is 42.1. The maximum absolute atomic E-state index is 13.3. The third-order valence-corrected chi connectivity index (χ3v) is 8.06. The van der Waals surface area contributed by atoms with Gasteiger partial charge in [-0.2, -0.15) is 0 Å². The fourth-order valence-electron chi connectivity index (χ4n) is 5.61. The normalized spacial score (nSPS) is 17.1. The van der Waals surface area contributed by atoms with Crippen molar-refractivity contribution in [3.8, 4) is 5.75 Å². The van der Waals surface area contributed by atoms with Gasteiger partial charge >= 0.3 is 0 Å².